The van der Waals surface area contributed by atoms with E-state index in [2.05, 4.69) is 25.9 Å². The Morgan fingerprint density at radius 3 is 3.09 bits per heavy atom. The van der Waals surface area contributed by atoms with E-state index in [4.69, 9.17) is 0 Å². The van der Waals surface area contributed by atoms with Gasteiger partial charge < -0.3 is 14.9 Å². The maximum atomic E-state index is 12.7. The zero-order valence-electron chi connectivity index (χ0n) is 12.5. The monoisotopic (exact) mass is 294 g/mol. The summed E-state index contributed by atoms with van der Waals surface area (Å²) in [5.74, 6) is -0.00532. The minimum atomic E-state index is -0.00532. The van der Waals surface area contributed by atoms with Crippen LogP contribution in [0.1, 0.15) is 33.9 Å². The number of carbonyl (C=O) groups excluding carboxylic acids is 1. The van der Waals surface area contributed by atoms with Gasteiger partial charge in [0.1, 0.15) is 0 Å². The van der Waals surface area contributed by atoms with Gasteiger partial charge >= 0.3 is 0 Å². The van der Waals surface area contributed by atoms with Crippen LogP contribution in [0.2, 0.25) is 0 Å². The maximum absolute atomic E-state index is 12.7. The first-order valence-corrected chi connectivity index (χ1v) is 7.63. The molecule has 1 aliphatic heterocycles. The summed E-state index contributed by atoms with van der Waals surface area (Å²) in [6, 6.07) is 8.16. The standard InChI is InChI=1S/C17H18N4O/c1-11-13(20-10-19-11)9-18-17(22)16-12-5-2-3-6-14(12)21-8-4-7-15(16)21/h2-3,5-6,10H,4,7-9H2,1H3,(H,18,22)(H,19,20). The lowest BCUT2D eigenvalue weighted by Gasteiger charge is -2.05. The van der Waals surface area contributed by atoms with Gasteiger partial charge in [-0.3, -0.25) is 4.79 Å². The van der Waals surface area contributed by atoms with E-state index in [9.17, 15) is 4.79 Å². The number of aryl methyl sites for hydroxylation is 2. The van der Waals surface area contributed by atoms with Crippen molar-refractivity contribution in [1.82, 2.24) is 19.9 Å². The molecule has 112 valence electrons. The van der Waals surface area contributed by atoms with Crippen LogP contribution in [0, 0.1) is 6.92 Å². The van der Waals surface area contributed by atoms with Crippen molar-refractivity contribution in [3.8, 4) is 0 Å². The Balaban J connectivity index is 1.69. The lowest BCUT2D eigenvalue weighted by Crippen LogP contribution is -2.24. The molecule has 0 radical (unpaired) electrons. The Hall–Kier alpha value is -2.56. The van der Waals surface area contributed by atoms with Gasteiger partial charge in [-0.05, 0) is 25.8 Å². The average molecular weight is 294 g/mol. The molecule has 5 nitrogen and oxygen atoms in total. The molecule has 1 amide bonds. The molecule has 2 aromatic heterocycles. The summed E-state index contributed by atoms with van der Waals surface area (Å²) < 4.78 is 2.28. The first-order valence-electron chi connectivity index (χ1n) is 7.63. The van der Waals surface area contributed by atoms with Crippen molar-refractivity contribution < 1.29 is 4.79 Å². The number of nitrogens with one attached hydrogen (secondary N) is 2. The SMILES string of the molecule is Cc1[nH]cnc1CNC(=O)c1c2n(c3ccccc13)CCC2. The van der Waals surface area contributed by atoms with Crippen LogP contribution in [0.3, 0.4) is 0 Å². The molecule has 0 atom stereocenters. The fourth-order valence-electron chi connectivity index (χ4n) is 3.35. The highest BCUT2D eigenvalue weighted by Gasteiger charge is 2.25. The van der Waals surface area contributed by atoms with Crippen molar-refractivity contribution in [1.29, 1.82) is 0 Å². The molecule has 0 unspecified atom stereocenters. The number of hydrogen-bond donors (Lipinski definition) is 2. The van der Waals surface area contributed by atoms with E-state index < -0.39 is 0 Å². The van der Waals surface area contributed by atoms with E-state index in [1.54, 1.807) is 6.33 Å². The summed E-state index contributed by atoms with van der Waals surface area (Å²) in [5, 5.41) is 4.06. The van der Waals surface area contributed by atoms with Crippen molar-refractivity contribution in [3.63, 3.8) is 0 Å². The third-order valence-electron chi connectivity index (χ3n) is 4.45. The van der Waals surface area contributed by atoms with Crippen LogP contribution in [-0.4, -0.2) is 20.4 Å². The molecular weight excluding hydrogens is 276 g/mol. The number of nitrogens with zero attached hydrogens (tertiary/aromatic N) is 2. The second-order valence-electron chi connectivity index (χ2n) is 5.75. The normalized spacial score (nSPS) is 13.5. The minimum absolute atomic E-state index is 0.00532. The maximum Gasteiger partial charge on any atom is 0.254 e. The summed E-state index contributed by atoms with van der Waals surface area (Å²) >= 11 is 0. The molecule has 0 bridgehead atoms. The number of amides is 1. The minimum Gasteiger partial charge on any atom is -0.348 e. The molecule has 5 heteroatoms. The highest BCUT2D eigenvalue weighted by molar-refractivity contribution is 6.08. The fraction of sp³-hybridized carbons (Fsp3) is 0.294. The first-order chi connectivity index (χ1) is 10.8. The first kappa shape index (κ1) is 13.1. The van der Waals surface area contributed by atoms with Gasteiger partial charge in [-0.25, -0.2) is 4.98 Å². The Kier molecular flexibility index (Phi) is 2.99. The molecule has 0 saturated heterocycles. The van der Waals surface area contributed by atoms with Gasteiger partial charge in [0.05, 0.1) is 24.1 Å². The summed E-state index contributed by atoms with van der Waals surface area (Å²) in [7, 11) is 0. The summed E-state index contributed by atoms with van der Waals surface area (Å²) in [5.41, 5.74) is 5.04. The molecule has 4 rings (SSSR count). The number of carbonyl (C=O) groups is 1. The molecule has 0 spiro atoms. The van der Waals surface area contributed by atoms with Crippen LogP contribution in [0.25, 0.3) is 10.9 Å². The van der Waals surface area contributed by atoms with E-state index in [0.29, 0.717) is 6.54 Å². The largest absolute Gasteiger partial charge is 0.348 e. The predicted molar refractivity (Wildman–Crippen MR) is 84.8 cm³/mol. The second-order valence-corrected chi connectivity index (χ2v) is 5.75. The van der Waals surface area contributed by atoms with Crippen LogP contribution in [0.4, 0.5) is 0 Å². The number of rotatable bonds is 3. The number of para-hydroxylation sites is 1. The molecule has 3 aromatic rings. The quantitative estimate of drug-likeness (QED) is 0.780. The predicted octanol–water partition coefficient (Wildman–Crippen LogP) is 2.55. The van der Waals surface area contributed by atoms with Crippen LogP contribution in [0.15, 0.2) is 30.6 Å². The molecule has 0 fully saturated rings. The number of aromatic nitrogens is 3. The van der Waals surface area contributed by atoms with Gasteiger partial charge in [-0.2, -0.15) is 0 Å². The Morgan fingerprint density at radius 2 is 2.27 bits per heavy atom. The molecule has 2 N–H and O–H groups in total. The third-order valence-corrected chi connectivity index (χ3v) is 4.45. The fourth-order valence-corrected chi connectivity index (χ4v) is 3.35. The molecule has 0 saturated carbocycles. The third kappa shape index (κ3) is 1.93. The van der Waals surface area contributed by atoms with Crippen LogP contribution >= 0.6 is 0 Å². The highest BCUT2D eigenvalue weighted by atomic mass is 16.1. The zero-order valence-corrected chi connectivity index (χ0v) is 12.5. The molecule has 22 heavy (non-hydrogen) atoms. The number of benzene rings is 1. The second kappa shape index (κ2) is 5.02. The van der Waals surface area contributed by atoms with Gasteiger partial charge in [0.25, 0.3) is 5.91 Å². The Morgan fingerprint density at radius 1 is 1.41 bits per heavy atom. The van der Waals surface area contributed by atoms with Gasteiger partial charge in [-0.15, -0.1) is 0 Å². The van der Waals surface area contributed by atoms with Crippen LogP contribution in [0.5, 0.6) is 0 Å². The number of fused-ring (bicyclic) bond motifs is 3. The van der Waals surface area contributed by atoms with Crippen molar-refractivity contribution >= 4 is 16.8 Å². The number of aromatic amines is 1. The van der Waals surface area contributed by atoms with Gasteiger partial charge in [0.15, 0.2) is 0 Å². The van der Waals surface area contributed by atoms with Crippen molar-refractivity contribution in [2.24, 2.45) is 0 Å². The summed E-state index contributed by atoms with van der Waals surface area (Å²) in [4.78, 5) is 20.0. The summed E-state index contributed by atoms with van der Waals surface area (Å²) in [6.07, 6.45) is 3.74. The van der Waals surface area contributed by atoms with Gasteiger partial charge in [0.2, 0.25) is 0 Å². The van der Waals surface area contributed by atoms with E-state index in [-0.39, 0.29) is 5.91 Å². The smallest absolute Gasteiger partial charge is 0.254 e. The Labute approximate surface area is 128 Å². The average Bonchev–Trinajstić information content (AvgIpc) is 3.20. The van der Waals surface area contributed by atoms with Crippen molar-refractivity contribution in [2.75, 3.05) is 0 Å². The molecule has 3 heterocycles. The van der Waals surface area contributed by atoms with Crippen LogP contribution in [-0.2, 0) is 19.5 Å². The lowest BCUT2D eigenvalue weighted by atomic mass is 10.1. The van der Waals surface area contributed by atoms with E-state index in [1.807, 2.05) is 25.1 Å². The van der Waals surface area contributed by atoms with Gasteiger partial charge in [-0.1, -0.05) is 18.2 Å². The molecule has 0 aliphatic carbocycles. The zero-order chi connectivity index (χ0) is 15.1. The molecule has 1 aliphatic rings. The van der Waals surface area contributed by atoms with Crippen LogP contribution < -0.4 is 5.32 Å². The lowest BCUT2D eigenvalue weighted by molar-refractivity contribution is 0.0951. The van der Waals surface area contributed by atoms with E-state index >= 15 is 0 Å². The summed E-state index contributed by atoms with van der Waals surface area (Å²) in [6.45, 7) is 3.41. The number of H-pyrrole nitrogens is 1. The van der Waals surface area contributed by atoms with E-state index in [1.165, 1.54) is 0 Å². The van der Waals surface area contributed by atoms with Gasteiger partial charge in [0, 0.05) is 28.8 Å². The molecular formula is C17H18N4O. The number of hydrogen-bond acceptors (Lipinski definition) is 2. The Bertz CT molecular complexity index is 859. The number of imidazole rings is 1. The van der Waals surface area contributed by atoms with Crippen molar-refractivity contribution in [2.45, 2.75) is 32.9 Å². The highest BCUT2D eigenvalue weighted by Crippen LogP contribution is 2.31. The molecule has 1 aromatic carbocycles. The van der Waals surface area contributed by atoms with Crippen molar-refractivity contribution in [3.05, 3.63) is 53.2 Å². The topological polar surface area (TPSA) is 62.7 Å². The van der Waals surface area contributed by atoms with E-state index in [0.717, 1.165) is 52.9 Å².